The molecule has 0 atom stereocenters. The summed E-state index contributed by atoms with van der Waals surface area (Å²) in [5.74, 6) is 0.947. The van der Waals surface area contributed by atoms with Crippen molar-refractivity contribution in [2.45, 2.75) is 33.2 Å². The number of benzene rings is 2. The molecule has 0 aromatic heterocycles. The summed E-state index contributed by atoms with van der Waals surface area (Å²) in [4.78, 5) is 0. The van der Waals surface area contributed by atoms with E-state index >= 15 is 0 Å². The highest BCUT2D eigenvalue weighted by molar-refractivity contribution is 9.10. The quantitative estimate of drug-likeness (QED) is 0.722. The number of halogens is 1. The lowest BCUT2D eigenvalue weighted by molar-refractivity contribution is 0.317. The monoisotopic (exact) mass is 347 g/mol. The fourth-order valence-corrected chi connectivity index (χ4v) is 2.60. The molecule has 0 radical (unpaired) electrons. The maximum absolute atomic E-state index is 5.67. The average Bonchev–Trinajstić information content (AvgIpc) is 2.52. The molecule has 112 valence electrons. The molecule has 21 heavy (non-hydrogen) atoms. The topological polar surface area (TPSA) is 21.3 Å². The summed E-state index contributed by atoms with van der Waals surface area (Å²) >= 11 is 3.52. The van der Waals surface area contributed by atoms with Gasteiger partial charge >= 0.3 is 0 Å². The van der Waals surface area contributed by atoms with Gasteiger partial charge in [0.05, 0.1) is 6.61 Å². The van der Waals surface area contributed by atoms with Crippen molar-refractivity contribution >= 4 is 21.6 Å². The van der Waals surface area contributed by atoms with E-state index in [0.29, 0.717) is 0 Å². The van der Waals surface area contributed by atoms with Gasteiger partial charge in [0.2, 0.25) is 0 Å². The van der Waals surface area contributed by atoms with Crippen LogP contribution in [0.3, 0.4) is 0 Å². The van der Waals surface area contributed by atoms with Gasteiger partial charge in [0.15, 0.2) is 0 Å². The molecule has 2 nitrogen and oxygen atoms in total. The van der Waals surface area contributed by atoms with Gasteiger partial charge in [-0.3, -0.25) is 0 Å². The van der Waals surface area contributed by atoms with Crippen LogP contribution in [-0.2, 0) is 13.0 Å². The smallest absolute Gasteiger partial charge is 0.119 e. The highest BCUT2D eigenvalue weighted by Crippen LogP contribution is 2.22. The van der Waals surface area contributed by atoms with E-state index < -0.39 is 0 Å². The van der Waals surface area contributed by atoms with E-state index in [-0.39, 0.29) is 0 Å². The molecule has 0 aliphatic carbocycles. The lowest BCUT2D eigenvalue weighted by atomic mass is 10.1. The Hall–Kier alpha value is -1.48. The molecule has 2 rings (SSSR count). The van der Waals surface area contributed by atoms with Crippen molar-refractivity contribution in [2.75, 3.05) is 11.9 Å². The highest BCUT2D eigenvalue weighted by atomic mass is 79.9. The van der Waals surface area contributed by atoms with Crippen molar-refractivity contribution in [2.24, 2.45) is 0 Å². The fourth-order valence-electron chi connectivity index (χ4n) is 2.19. The molecule has 0 saturated heterocycles. The van der Waals surface area contributed by atoms with Crippen molar-refractivity contribution in [3.63, 3.8) is 0 Å². The van der Waals surface area contributed by atoms with E-state index in [0.717, 1.165) is 36.2 Å². The molecule has 1 N–H and O–H groups in total. The SMILES string of the molecule is CCCOc1cccc(CNc2ccc(Br)cc2CC)c1. The summed E-state index contributed by atoms with van der Waals surface area (Å²) < 4.78 is 6.80. The molecule has 0 bridgehead atoms. The first-order valence-corrected chi connectivity index (χ1v) is 8.26. The second-order valence-electron chi connectivity index (χ2n) is 5.00. The van der Waals surface area contributed by atoms with Gasteiger partial charge in [-0.25, -0.2) is 0 Å². The maximum Gasteiger partial charge on any atom is 0.119 e. The first-order chi connectivity index (χ1) is 10.2. The van der Waals surface area contributed by atoms with Crippen LogP contribution < -0.4 is 10.1 Å². The average molecular weight is 348 g/mol. The van der Waals surface area contributed by atoms with Gasteiger partial charge in [0.1, 0.15) is 5.75 Å². The predicted octanol–water partition coefficient (Wildman–Crippen LogP) is 5.41. The first kappa shape index (κ1) is 15.9. The summed E-state index contributed by atoms with van der Waals surface area (Å²) in [7, 11) is 0. The van der Waals surface area contributed by atoms with E-state index in [1.54, 1.807) is 0 Å². The minimum absolute atomic E-state index is 0.767. The Morgan fingerprint density at radius 1 is 1.10 bits per heavy atom. The largest absolute Gasteiger partial charge is 0.494 e. The Bertz CT molecular complexity index is 583. The Morgan fingerprint density at radius 3 is 2.71 bits per heavy atom. The van der Waals surface area contributed by atoms with Gasteiger partial charge in [-0.05, 0) is 54.3 Å². The number of rotatable bonds is 7. The van der Waals surface area contributed by atoms with Gasteiger partial charge in [0, 0.05) is 16.7 Å². The van der Waals surface area contributed by atoms with Crippen molar-refractivity contribution in [1.29, 1.82) is 0 Å². The molecule has 0 saturated carbocycles. The number of hydrogen-bond acceptors (Lipinski definition) is 2. The van der Waals surface area contributed by atoms with Crippen molar-refractivity contribution in [3.05, 3.63) is 58.1 Å². The van der Waals surface area contributed by atoms with E-state index in [1.165, 1.54) is 16.8 Å². The fraction of sp³-hybridized carbons (Fsp3) is 0.333. The van der Waals surface area contributed by atoms with Crippen molar-refractivity contribution in [3.8, 4) is 5.75 Å². The van der Waals surface area contributed by atoms with E-state index in [9.17, 15) is 0 Å². The highest BCUT2D eigenvalue weighted by Gasteiger charge is 2.02. The van der Waals surface area contributed by atoms with Gasteiger partial charge < -0.3 is 10.1 Å². The molecule has 0 amide bonds. The minimum Gasteiger partial charge on any atom is -0.494 e. The van der Waals surface area contributed by atoms with Crippen LogP contribution in [0.4, 0.5) is 5.69 Å². The summed E-state index contributed by atoms with van der Waals surface area (Å²) in [6, 6.07) is 14.6. The molecule has 0 fully saturated rings. The minimum atomic E-state index is 0.767. The third-order valence-electron chi connectivity index (χ3n) is 3.30. The van der Waals surface area contributed by atoms with Gasteiger partial charge in [0.25, 0.3) is 0 Å². The van der Waals surface area contributed by atoms with Crippen LogP contribution >= 0.6 is 15.9 Å². The lowest BCUT2D eigenvalue weighted by Crippen LogP contribution is -2.03. The molecule has 0 heterocycles. The van der Waals surface area contributed by atoms with E-state index in [4.69, 9.17) is 4.74 Å². The van der Waals surface area contributed by atoms with Crippen LogP contribution in [0.2, 0.25) is 0 Å². The zero-order valence-electron chi connectivity index (χ0n) is 12.7. The maximum atomic E-state index is 5.67. The lowest BCUT2D eigenvalue weighted by Gasteiger charge is -2.12. The molecule has 2 aromatic carbocycles. The molecular weight excluding hydrogens is 326 g/mol. The number of aryl methyl sites for hydroxylation is 1. The molecule has 3 heteroatoms. The number of anilines is 1. The van der Waals surface area contributed by atoms with Gasteiger partial charge in [-0.15, -0.1) is 0 Å². The van der Waals surface area contributed by atoms with Gasteiger partial charge in [-0.1, -0.05) is 41.9 Å². The Balaban J connectivity index is 2.02. The van der Waals surface area contributed by atoms with Crippen LogP contribution in [0, 0.1) is 0 Å². The second kappa shape index (κ2) is 8.08. The number of nitrogens with one attached hydrogen (secondary N) is 1. The third-order valence-corrected chi connectivity index (χ3v) is 3.80. The zero-order chi connectivity index (χ0) is 15.1. The van der Waals surface area contributed by atoms with Crippen LogP contribution in [0.15, 0.2) is 46.9 Å². The van der Waals surface area contributed by atoms with Crippen LogP contribution in [-0.4, -0.2) is 6.61 Å². The normalized spacial score (nSPS) is 10.4. The second-order valence-corrected chi connectivity index (χ2v) is 5.92. The molecule has 2 aromatic rings. The van der Waals surface area contributed by atoms with E-state index in [1.807, 2.05) is 12.1 Å². The summed E-state index contributed by atoms with van der Waals surface area (Å²) in [5.41, 5.74) is 3.75. The zero-order valence-corrected chi connectivity index (χ0v) is 14.2. The summed E-state index contributed by atoms with van der Waals surface area (Å²) in [6.07, 6.45) is 2.04. The number of hydrogen-bond donors (Lipinski definition) is 1. The molecule has 0 unspecified atom stereocenters. The number of ether oxygens (including phenoxy) is 1. The van der Waals surface area contributed by atoms with Crippen LogP contribution in [0.5, 0.6) is 5.75 Å². The third kappa shape index (κ3) is 4.78. The Morgan fingerprint density at radius 2 is 1.95 bits per heavy atom. The van der Waals surface area contributed by atoms with Crippen LogP contribution in [0.25, 0.3) is 0 Å². The summed E-state index contributed by atoms with van der Waals surface area (Å²) in [5, 5.41) is 3.51. The summed E-state index contributed by atoms with van der Waals surface area (Å²) in [6.45, 7) is 5.86. The van der Waals surface area contributed by atoms with E-state index in [2.05, 4.69) is 65.4 Å². The van der Waals surface area contributed by atoms with Crippen molar-refractivity contribution < 1.29 is 4.74 Å². The molecule has 0 spiro atoms. The molecule has 0 aliphatic heterocycles. The Kier molecular flexibility index (Phi) is 6.12. The Labute approximate surface area is 135 Å². The van der Waals surface area contributed by atoms with Gasteiger partial charge in [-0.2, -0.15) is 0 Å². The molecule has 0 aliphatic rings. The first-order valence-electron chi connectivity index (χ1n) is 7.47. The molecular formula is C18H22BrNO. The van der Waals surface area contributed by atoms with Crippen LogP contribution in [0.1, 0.15) is 31.4 Å². The van der Waals surface area contributed by atoms with Crippen molar-refractivity contribution in [1.82, 2.24) is 0 Å². The standard InChI is InChI=1S/C18H22BrNO/c1-3-10-21-17-7-5-6-14(11-17)13-20-18-9-8-16(19)12-15(18)4-2/h5-9,11-12,20H,3-4,10,13H2,1-2H3. The predicted molar refractivity (Wildman–Crippen MR) is 93.1 cm³/mol.